The summed E-state index contributed by atoms with van der Waals surface area (Å²) < 4.78 is 40.4. The highest BCUT2D eigenvalue weighted by molar-refractivity contribution is 6.33. The first kappa shape index (κ1) is 15.3. The van der Waals surface area contributed by atoms with Crippen LogP contribution in [0.15, 0.2) is 36.4 Å². The molecule has 0 heterocycles. The van der Waals surface area contributed by atoms with Gasteiger partial charge in [-0.15, -0.1) is 13.2 Å². The summed E-state index contributed by atoms with van der Waals surface area (Å²) in [4.78, 5) is 0. The molecule has 0 saturated heterocycles. The maximum atomic E-state index is 12.2. The van der Waals surface area contributed by atoms with Gasteiger partial charge in [0.1, 0.15) is 5.75 Å². The number of nitrogens with two attached hydrogens (primary N) is 1. The molecule has 0 fully saturated rings. The van der Waals surface area contributed by atoms with Crippen LogP contribution in [0.25, 0.3) is 0 Å². The lowest BCUT2D eigenvalue weighted by Crippen LogP contribution is -2.17. The Balaban J connectivity index is 2.24. The second-order valence-electron chi connectivity index (χ2n) is 4.39. The highest BCUT2D eigenvalue weighted by atomic mass is 35.5. The van der Waals surface area contributed by atoms with Gasteiger partial charge in [-0.1, -0.05) is 17.7 Å². The zero-order valence-electron chi connectivity index (χ0n) is 11.0. The summed E-state index contributed by atoms with van der Waals surface area (Å²) in [6, 6.07) is 8.84. The SMILES string of the molecule is Cc1cc(N)c(Cl)cc1Nc1cccc(OC(F)(F)F)c1. The maximum Gasteiger partial charge on any atom is 0.573 e. The molecule has 0 unspecified atom stereocenters. The molecule has 7 heteroatoms. The molecule has 21 heavy (non-hydrogen) atoms. The molecule has 0 aliphatic carbocycles. The number of aryl methyl sites for hydroxylation is 1. The highest BCUT2D eigenvalue weighted by Gasteiger charge is 2.31. The van der Waals surface area contributed by atoms with Crippen molar-refractivity contribution in [2.75, 3.05) is 11.1 Å². The molecule has 0 aromatic heterocycles. The van der Waals surface area contributed by atoms with Crippen molar-refractivity contribution in [2.45, 2.75) is 13.3 Å². The van der Waals surface area contributed by atoms with E-state index in [9.17, 15) is 13.2 Å². The van der Waals surface area contributed by atoms with Gasteiger partial charge in [-0.25, -0.2) is 0 Å². The third kappa shape index (κ3) is 4.19. The van der Waals surface area contributed by atoms with Crippen molar-refractivity contribution in [3.8, 4) is 5.75 Å². The van der Waals surface area contributed by atoms with E-state index in [1.54, 1.807) is 18.2 Å². The Morgan fingerprint density at radius 2 is 1.90 bits per heavy atom. The van der Waals surface area contributed by atoms with Crippen LogP contribution in [0.5, 0.6) is 5.75 Å². The highest BCUT2D eigenvalue weighted by Crippen LogP contribution is 2.31. The van der Waals surface area contributed by atoms with Gasteiger partial charge in [0, 0.05) is 17.4 Å². The van der Waals surface area contributed by atoms with Crippen molar-refractivity contribution in [1.29, 1.82) is 0 Å². The lowest BCUT2D eigenvalue weighted by atomic mass is 10.1. The fourth-order valence-electron chi connectivity index (χ4n) is 1.76. The molecule has 0 atom stereocenters. The average Bonchev–Trinajstić information content (AvgIpc) is 2.34. The molecule has 0 radical (unpaired) electrons. The predicted molar refractivity (Wildman–Crippen MR) is 77.0 cm³/mol. The minimum absolute atomic E-state index is 0.299. The van der Waals surface area contributed by atoms with Crippen molar-refractivity contribution in [2.24, 2.45) is 0 Å². The summed E-state index contributed by atoms with van der Waals surface area (Å²) in [5.74, 6) is -0.299. The number of nitrogens with one attached hydrogen (secondary N) is 1. The number of hydrogen-bond donors (Lipinski definition) is 2. The number of halogens is 4. The number of anilines is 3. The van der Waals surface area contributed by atoms with E-state index in [0.29, 0.717) is 22.1 Å². The maximum absolute atomic E-state index is 12.2. The van der Waals surface area contributed by atoms with Crippen LogP contribution < -0.4 is 15.8 Å². The third-order valence-electron chi connectivity index (χ3n) is 2.69. The molecular weight excluding hydrogens is 305 g/mol. The summed E-state index contributed by atoms with van der Waals surface area (Å²) in [7, 11) is 0. The van der Waals surface area contributed by atoms with Gasteiger partial charge in [0.15, 0.2) is 0 Å². The Labute approximate surface area is 124 Å². The van der Waals surface area contributed by atoms with E-state index >= 15 is 0 Å². The fraction of sp³-hybridized carbons (Fsp3) is 0.143. The van der Waals surface area contributed by atoms with E-state index in [1.807, 2.05) is 6.92 Å². The van der Waals surface area contributed by atoms with Crippen molar-refractivity contribution >= 4 is 28.7 Å². The van der Waals surface area contributed by atoms with Gasteiger partial charge in [0.05, 0.1) is 10.7 Å². The zero-order chi connectivity index (χ0) is 15.6. The van der Waals surface area contributed by atoms with Crippen LogP contribution in [0.4, 0.5) is 30.2 Å². The Bertz CT molecular complexity index is 659. The Morgan fingerprint density at radius 3 is 2.57 bits per heavy atom. The van der Waals surface area contributed by atoms with Crippen molar-refractivity contribution in [3.05, 3.63) is 47.0 Å². The van der Waals surface area contributed by atoms with Crippen molar-refractivity contribution in [3.63, 3.8) is 0 Å². The number of rotatable bonds is 3. The first-order chi connectivity index (χ1) is 9.74. The summed E-state index contributed by atoms with van der Waals surface area (Å²) in [6.07, 6.45) is -4.72. The fourth-order valence-corrected chi connectivity index (χ4v) is 1.93. The van der Waals surface area contributed by atoms with Crippen molar-refractivity contribution < 1.29 is 17.9 Å². The van der Waals surface area contributed by atoms with E-state index in [2.05, 4.69) is 10.1 Å². The third-order valence-corrected chi connectivity index (χ3v) is 3.02. The van der Waals surface area contributed by atoms with Crippen molar-refractivity contribution in [1.82, 2.24) is 0 Å². The summed E-state index contributed by atoms with van der Waals surface area (Å²) in [6.45, 7) is 1.81. The monoisotopic (exact) mass is 316 g/mol. The van der Waals surface area contributed by atoms with Crippen LogP contribution in [-0.2, 0) is 0 Å². The minimum Gasteiger partial charge on any atom is -0.406 e. The topological polar surface area (TPSA) is 47.3 Å². The molecule has 0 bridgehead atoms. The molecule has 2 rings (SSSR count). The molecule has 3 nitrogen and oxygen atoms in total. The Hall–Kier alpha value is -2.08. The molecular formula is C14H12ClF3N2O. The first-order valence-electron chi connectivity index (χ1n) is 5.93. The second-order valence-corrected chi connectivity index (χ2v) is 4.80. The van der Waals surface area contributed by atoms with Gasteiger partial charge in [-0.3, -0.25) is 0 Å². The Morgan fingerprint density at radius 1 is 1.19 bits per heavy atom. The van der Waals surface area contributed by atoms with E-state index in [0.717, 1.165) is 5.56 Å². The zero-order valence-corrected chi connectivity index (χ0v) is 11.7. The predicted octanol–water partition coefficient (Wildman–Crippen LogP) is 4.87. The van der Waals surface area contributed by atoms with Crippen LogP contribution in [0.3, 0.4) is 0 Å². The van der Waals surface area contributed by atoms with Crippen LogP contribution in [-0.4, -0.2) is 6.36 Å². The van der Waals surface area contributed by atoms with Gasteiger partial charge in [0.2, 0.25) is 0 Å². The smallest absolute Gasteiger partial charge is 0.406 e. The number of benzene rings is 2. The molecule has 3 N–H and O–H groups in total. The summed E-state index contributed by atoms with van der Waals surface area (Å²) in [5, 5.41) is 3.35. The quantitative estimate of drug-likeness (QED) is 0.794. The van der Waals surface area contributed by atoms with Crippen LogP contribution in [0.1, 0.15) is 5.56 Å². The molecule has 0 aliphatic heterocycles. The number of hydrogen-bond acceptors (Lipinski definition) is 3. The van der Waals surface area contributed by atoms with Gasteiger partial charge >= 0.3 is 6.36 Å². The average molecular weight is 317 g/mol. The molecule has 0 aliphatic rings. The van der Waals surface area contributed by atoms with E-state index in [1.165, 1.54) is 18.2 Å². The Kier molecular flexibility index (Phi) is 4.18. The molecule has 0 spiro atoms. The number of ether oxygens (including phenoxy) is 1. The van der Waals surface area contributed by atoms with E-state index < -0.39 is 6.36 Å². The lowest BCUT2D eigenvalue weighted by Gasteiger charge is -2.13. The van der Waals surface area contributed by atoms with E-state index in [-0.39, 0.29) is 5.75 Å². The van der Waals surface area contributed by atoms with E-state index in [4.69, 9.17) is 17.3 Å². The largest absolute Gasteiger partial charge is 0.573 e. The molecule has 0 saturated carbocycles. The molecule has 2 aromatic rings. The summed E-state index contributed by atoms with van der Waals surface area (Å²) in [5.41, 5.74) is 8.03. The van der Waals surface area contributed by atoms with Gasteiger partial charge in [0.25, 0.3) is 0 Å². The van der Waals surface area contributed by atoms with Crippen LogP contribution in [0.2, 0.25) is 5.02 Å². The molecule has 112 valence electrons. The summed E-state index contributed by atoms with van der Waals surface area (Å²) >= 11 is 5.93. The van der Waals surface area contributed by atoms with Crippen LogP contribution in [0, 0.1) is 6.92 Å². The van der Waals surface area contributed by atoms with Crippen LogP contribution >= 0.6 is 11.6 Å². The minimum atomic E-state index is -4.72. The standard InChI is InChI=1S/C14H12ClF3N2O/c1-8-5-12(19)11(15)7-13(8)20-9-3-2-4-10(6-9)21-14(16,17)18/h2-7,20H,19H2,1H3. The number of nitrogen functional groups attached to an aromatic ring is 1. The second kappa shape index (κ2) is 5.73. The normalized spacial score (nSPS) is 11.3. The van der Waals surface area contributed by atoms with Gasteiger partial charge in [-0.2, -0.15) is 0 Å². The molecule has 2 aromatic carbocycles. The van der Waals surface area contributed by atoms with Gasteiger partial charge in [-0.05, 0) is 36.8 Å². The van der Waals surface area contributed by atoms with Gasteiger partial charge < -0.3 is 15.8 Å². The molecule has 0 amide bonds. The first-order valence-corrected chi connectivity index (χ1v) is 6.31. The lowest BCUT2D eigenvalue weighted by molar-refractivity contribution is -0.274. The number of alkyl halides is 3.